The summed E-state index contributed by atoms with van der Waals surface area (Å²) >= 11 is 0. The van der Waals surface area contributed by atoms with E-state index in [-0.39, 0.29) is 35.7 Å². The summed E-state index contributed by atoms with van der Waals surface area (Å²) in [6.45, 7) is 5.36. The maximum atomic E-state index is 11.9. The molecule has 110 valence electrons. The van der Waals surface area contributed by atoms with Gasteiger partial charge in [-0.25, -0.2) is 4.79 Å². The van der Waals surface area contributed by atoms with Crippen molar-refractivity contribution >= 4 is 17.6 Å². The zero-order valence-corrected chi connectivity index (χ0v) is 11.9. The maximum Gasteiger partial charge on any atom is 0.412 e. The molecule has 1 aromatic carbocycles. The van der Waals surface area contributed by atoms with Gasteiger partial charge < -0.3 is 15.6 Å². The molecule has 20 heavy (non-hydrogen) atoms. The van der Waals surface area contributed by atoms with E-state index in [4.69, 9.17) is 10.5 Å². The van der Waals surface area contributed by atoms with Crippen LogP contribution in [0.2, 0.25) is 0 Å². The second kappa shape index (κ2) is 6.38. The predicted molar refractivity (Wildman–Crippen MR) is 76.0 cm³/mol. The van der Waals surface area contributed by atoms with Crippen LogP contribution in [0.3, 0.4) is 0 Å². The van der Waals surface area contributed by atoms with Crippen LogP contribution in [-0.4, -0.2) is 29.1 Å². The molecule has 0 fully saturated rings. The molecule has 0 unspecified atom stereocenters. The highest BCUT2D eigenvalue weighted by atomic mass is 16.6. The summed E-state index contributed by atoms with van der Waals surface area (Å²) < 4.78 is 5.09. The molecular weight excluding hydrogens is 260 g/mol. The van der Waals surface area contributed by atoms with Crippen molar-refractivity contribution in [2.45, 2.75) is 32.8 Å². The number of benzene rings is 1. The number of hydrogen-bond donors (Lipinski definition) is 3. The van der Waals surface area contributed by atoms with Gasteiger partial charge in [-0.05, 0) is 39.4 Å². The van der Waals surface area contributed by atoms with Crippen LogP contribution in [0.15, 0.2) is 18.2 Å². The normalized spacial score (nSPS) is 11.0. The number of rotatable bonds is 4. The highest BCUT2D eigenvalue weighted by Crippen LogP contribution is 2.28. The number of para-hydroxylation sites is 1. The minimum atomic E-state index is -0.735. The quantitative estimate of drug-likeness (QED) is 0.580. The Hall–Kier alpha value is -2.08. The van der Waals surface area contributed by atoms with Crippen molar-refractivity contribution in [3.8, 4) is 5.75 Å². The Morgan fingerprint density at radius 2 is 2.00 bits per heavy atom. The number of hydrogen-bond acceptors (Lipinski definition) is 5. The molecule has 4 N–H and O–H groups in total. The second-order valence-corrected chi connectivity index (χ2v) is 5.29. The molecule has 0 heterocycles. The maximum absolute atomic E-state index is 11.9. The topological polar surface area (TPSA) is 102 Å². The van der Waals surface area contributed by atoms with Gasteiger partial charge in [-0.3, -0.25) is 10.1 Å². The van der Waals surface area contributed by atoms with Crippen molar-refractivity contribution in [3.63, 3.8) is 0 Å². The predicted octanol–water partition coefficient (Wildman–Crippen LogP) is 2.27. The molecule has 0 aliphatic rings. The molecule has 1 amide bonds. The Labute approximate surface area is 117 Å². The molecule has 6 heteroatoms. The minimum absolute atomic E-state index is 0.0419. The number of ketones is 1. The number of Topliss-reactive ketones (excluding diaryl/α,β-unsaturated/α-hetero) is 1. The molecule has 0 aliphatic carbocycles. The summed E-state index contributed by atoms with van der Waals surface area (Å²) in [7, 11) is 0. The zero-order chi connectivity index (χ0) is 15.3. The Balaban J connectivity index is 2.99. The number of anilines is 1. The van der Waals surface area contributed by atoms with Crippen LogP contribution in [0.1, 0.15) is 37.6 Å². The Morgan fingerprint density at radius 1 is 1.35 bits per heavy atom. The van der Waals surface area contributed by atoms with E-state index in [1.54, 1.807) is 20.8 Å². The number of carbonyl (C=O) groups excluding carboxylic acids is 2. The van der Waals surface area contributed by atoms with Crippen LogP contribution >= 0.6 is 0 Å². The molecule has 0 saturated carbocycles. The van der Waals surface area contributed by atoms with E-state index in [1.165, 1.54) is 18.2 Å². The lowest BCUT2D eigenvalue weighted by Gasteiger charge is -2.20. The lowest BCUT2D eigenvalue weighted by atomic mass is 10.1. The van der Waals surface area contributed by atoms with Crippen molar-refractivity contribution in [2.75, 3.05) is 11.9 Å². The van der Waals surface area contributed by atoms with E-state index in [2.05, 4.69) is 5.32 Å². The number of nitrogens with one attached hydrogen (secondary N) is 1. The van der Waals surface area contributed by atoms with Gasteiger partial charge in [0.1, 0.15) is 11.4 Å². The van der Waals surface area contributed by atoms with Gasteiger partial charge in [-0.15, -0.1) is 0 Å². The summed E-state index contributed by atoms with van der Waals surface area (Å²) in [6.07, 6.45) is -0.604. The average Bonchev–Trinajstić information content (AvgIpc) is 2.29. The summed E-state index contributed by atoms with van der Waals surface area (Å²) in [5.74, 6) is -0.451. The number of nitrogens with two attached hydrogens (primary N) is 1. The largest absolute Gasteiger partial charge is 0.506 e. The molecular formula is C14H20N2O4. The first-order valence-corrected chi connectivity index (χ1v) is 6.30. The Bertz CT molecular complexity index is 506. The molecule has 0 aromatic heterocycles. The van der Waals surface area contributed by atoms with Crippen LogP contribution in [0.25, 0.3) is 0 Å². The molecule has 0 aliphatic heterocycles. The van der Waals surface area contributed by atoms with E-state index >= 15 is 0 Å². The van der Waals surface area contributed by atoms with Crippen molar-refractivity contribution in [3.05, 3.63) is 23.8 Å². The molecule has 0 bridgehead atoms. The molecule has 0 spiro atoms. The fraction of sp³-hybridized carbons (Fsp3) is 0.429. The average molecular weight is 280 g/mol. The van der Waals surface area contributed by atoms with Gasteiger partial charge in [0, 0.05) is 12.0 Å². The third kappa shape index (κ3) is 4.55. The van der Waals surface area contributed by atoms with Crippen molar-refractivity contribution in [1.82, 2.24) is 0 Å². The first kappa shape index (κ1) is 16.0. The number of amides is 1. The van der Waals surface area contributed by atoms with Gasteiger partial charge in [0.2, 0.25) is 0 Å². The van der Waals surface area contributed by atoms with Crippen molar-refractivity contribution < 1.29 is 19.4 Å². The molecule has 0 radical (unpaired) electrons. The van der Waals surface area contributed by atoms with E-state index in [9.17, 15) is 14.7 Å². The number of phenolic OH excluding ortho intramolecular Hbond substituents is 1. The lowest BCUT2D eigenvalue weighted by molar-refractivity contribution is 0.0635. The first-order valence-electron chi connectivity index (χ1n) is 6.30. The molecule has 0 atom stereocenters. The number of carbonyl (C=O) groups is 2. The summed E-state index contributed by atoms with van der Waals surface area (Å²) in [5, 5.41) is 12.2. The second-order valence-electron chi connectivity index (χ2n) is 5.29. The highest BCUT2D eigenvalue weighted by Gasteiger charge is 2.20. The molecule has 0 saturated heterocycles. The van der Waals surface area contributed by atoms with Gasteiger partial charge in [-0.1, -0.05) is 6.07 Å². The summed E-state index contributed by atoms with van der Waals surface area (Å²) in [4.78, 5) is 23.6. The monoisotopic (exact) mass is 280 g/mol. The molecule has 6 nitrogen and oxygen atoms in total. The van der Waals surface area contributed by atoms with E-state index in [1.807, 2.05) is 0 Å². The summed E-state index contributed by atoms with van der Waals surface area (Å²) in [5.41, 5.74) is 4.92. The van der Waals surface area contributed by atoms with Crippen molar-refractivity contribution in [1.29, 1.82) is 0 Å². The summed E-state index contributed by atoms with van der Waals surface area (Å²) in [6, 6.07) is 4.43. The van der Waals surface area contributed by atoms with Crippen molar-refractivity contribution in [2.24, 2.45) is 5.73 Å². The minimum Gasteiger partial charge on any atom is -0.506 e. The van der Waals surface area contributed by atoms with Gasteiger partial charge in [0.25, 0.3) is 0 Å². The fourth-order valence-corrected chi connectivity index (χ4v) is 1.58. The van der Waals surface area contributed by atoms with Gasteiger partial charge >= 0.3 is 6.09 Å². The SMILES string of the molecule is CC(C)(C)OC(=O)Nc1c(O)cccc1C(=O)CCN. The standard InChI is InChI=1S/C14H20N2O4/c1-14(2,3)20-13(19)16-12-9(10(17)7-8-15)5-4-6-11(12)18/h4-6,18H,7-8,15H2,1-3H3,(H,16,19). The number of aromatic hydroxyl groups is 1. The number of phenols is 1. The van der Waals surface area contributed by atoms with Crippen LogP contribution in [0, 0.1) is 0 Å². The third-order valence-electron chi connectivity index (χ3n) is 2.34. The lowest BCUT2D eigenvalue weighted by Crippen LogP contribution is -2.27. The van der Waals surface area contributed by atoms with Crippen LogP contribution < -0.4 is 11.1 Å². The first-order chi connectivity index (χ1) is 9.24. The molecule has 1 aromatic rings. The van der Waals surface area contributed by atoms with Crippen LogP contribution in [-0.2, 0) is 4.74 Å². The Kier molecular flexibility index (Phi) is 5.10. The van der Waals surface area contributed by atoms with E-state index < -0.39 is 11.7 Å². The molecule has 1 rings (SSSR count). The Morgan fingerprint density at radius 3 is 2.55 bits per heavy atom. The highest BCUT2D eigenvalue weighted by molar-refractivity contribution is 6.05. The smallest absolute Gasteiger partial charge is 0.412 e. The number of ether oxygens (including phenoxy) is 1. The van der Waals surface area contributed by atoms with Gasteiger partial charge in [-0.2, -0.15) is 0 Å². The van der Waals surface area contributed by atoms with E-state index in [0.717, 1.165) is 0 Å². The van der Waals surface area contributed by atoms with Crippen LogP contribution in [0.5, 0.6) is 5.75 Å². The fourth-order valence-electron chi connectivity index (χ4n) is 1.58. The van der Waals surface area contributed by atoms with Crippen LogP contribution in [0.4, 0.5) is 10.5 Å². The zero-order valence-electron chi connectivity index (χ0n) is 11.9. The third-order valence-corrected chi connectivity index (χ3v) is 2.34. The van der Waals surface area contributed by atoms with E-state index in [0.29, 0.717) is 0 Å². The van der Waals surface area contributed by atoms with Gasteiger partial charge in [0.05, 0.1) is 5.69 Å². The van der Waals surface area contributed by atoms with Gasteiger partial charge in [0.15, 0.2) is 5.78 Å².